The van der Waals surface area contributed by atoms with E-state index in [1.54, 1.807) is 0 Å². The number of benzene rings is 2. The molecule has 5 heteroatoms. The predicted octanol–water partition coefficient (Wildman–Crippen LogP) is 3.50. The number of H-pyrrole nitrogens is 1. The average molecular weight is 299 g/mol. The molecule has 110 valence electrons. The first-order valence-corrected chi connectivity index (χ1v) is 7.23. The molecule has 0 unspecified atom stereocenters. The summed E-state index contributed by atoms with van der Waals surface area (Å²) in [5.74, 6) is 0. The number of nitrogens with zero attached hydrogens (tertiary/aromatic N) is 4. The van der Waals surface area contributed by atoms with Gasteiger partial charge < -0.3 is 4.57 Å². The highest BCUT2D eigenvalue weighted by atomic mass is 15.3. The molecule has 2 aromatic carbocycles. The van der Waals surface area contributed by atoms with Crippen LogP contribution in [0.25, 0.3) is 33.3 Å². The summed E-state index contributed by atoms with van der Waals surface area (Å²) in [7, 11) is 2.04. The van der Waals surface area contributed by atoms with Crippen molar-refractivity contribution in [1.29, 1.82) is 5.26 Å². The van der Waals surface area contributed by atoms with Crippen molar-refractivity contribution in [3.05, 3.63) is 60.4 Å². The molecule has 0 fully saturated rings. The second kappa shape index (κ2) is 5.11. The molecular formula is C18H13N5. The van der Waals surface area contributed by atoms with Gasteiger partial charge in [0, 0.05) is 29.7 Å². The van der Waals surface area contributed by atoms with Crippen LogP contribution in [0.5, 0.6) is 0 Å². The van der Waals surface area contributed by atoms with E-state index in [0.29, 0.717) is 11.4 Å². The van der Waals surface area contributed by atoms with Crippen LogP contribution in [0.2, 0.25) is 0 Å². The SMILES string of the molecule is Cn1ccc2cc(-c3ccc(-c4nn[nH]c4C#N)cc3)ccc21. The van der Waals surface area contributed by atoms with E-state index in [1.807, 2.05) is 31.3 Å². The third-order valence-corrected chi connectivity index (χ3v) is 4.04. The molecule has 1 N–H and O–H groups in total. The van der Waals surface area contributed by atoms with Crippen LogP contribution in [0.3, 0.4) is 0 Å². The van der Waals surface area contributed by atoms with Gasteiger partial charge in [0.2, 0.25) is 0 Å². The molecule has 0 saturated heterocycles. The molecule has 0 amide bonds. The van der Waals surface area contributed by atoms with Crippen molar-refractivity contribution in [3.63, 3.8) is 0 Å². The van der Waals surface area contributed by atoms with Crippen LogP contribution in [-0.4, -0.2) is 20.0 Å². The third kappa shape index (κ3) is 2.17. The highest BCUT2D eigenvalue weighted by Gasteiger charge is 2.09. The molecule has 0 spiro atoms. The van der Waals surface area contributed by atoms with Crippen LogP contribution in [-0.2, 0) is 7.05 Å². The molecule has 0 aliphatic rings. The van der Waals surface area contributed by atoms with Crippen molar-refractivity contribution in [2.24, 2.45) is 7.05 Å². The van der Waals surface area contributed by atoms with E-state index in [4.69, 9.17) is 5.26 Å². The molecular weight excluding hydrogens is 286 g/mol. The van der Waals surface area contributed by atoms with Gasteiger partial charge in [0.1, 0.15) is 11.8 Å². The van der Waals surface area contributed by atoms with Gasteiger partial charge in [-0.3, -0.25) is 0 Å². The average Bonchev–Trinajstić information content (AvgIpc) is 3.21. The molecule has 4 aromatic rings. The Morgan fingerprint density at radius 1 is 1.00 bits per heavy atom. The summed E-state index contributed by atoms with van der Waals surface area (Å²) < 4.78 is 2.11. The molecule has 23 heavy (non-hydrogen) atoms. The normalized spacial score (nSPS) is 10.8. The van der Waals surface area contributed by atoms with E-state index < -0.39 is 0 Å². The lowest BCUT2D eigenvalue weighted by Gasteiger charge is -2.04. The van der Waals surface area contributed by atoms with Gasteiger partial charge in [-0.05, 0) is 29.3 Å². The highest BCUT2D eigenvalue weighted by Crippen LogP contribution is 2.27. The van der Waals surface area contributed by atoms with Crippen molar-refractivity contribution in [2.45, 2.75) is 0 Å². The summed E-state index contributed by atoms with van der Waals surface area (Å²) in [6, 6.07) is 18.6. The number of hydrogen-bond donors (Lipinski definition) is 1. The largest absolute Gasteiger partial charge is 0.351 e. The van der Waals surface area contributed by atoms with Crippen LogP contribution in [0, 0.1) is 11.3 Å². The molecule has 0 atom stereocenters. The number of aromatic amines is 1. The summed E-state index contributed by atoms with van der Waals surface area (Å²) in [5, 5.41) is 20.5. The Balaban J connectivity index is 1.73. The maximum Gasteiger partial charge on any atom is 0.163 e. The van der Waals surface area contributed by atoms with Crippen LogP contribution in [0.15, 0.2) is 54.7 Å². The molecule has 2 aromatic heterocycles. The Morgan fingerprint density at radius 2 is 1.74 bits per heavy atom. The Hall–Kier alpha value is -3.39. The Morgan fingerprint density at radius 3 is 2.52 bits per heavy atom. The van der Waals surface area contributed by atoms with Crippen molar-refractivity contribution in [3.8, 4) is 28.5 Å². The molecule has 2 heterocycles. The number of nitrogens with one attached hydrogen (secondary N) is 1. The minimum absolute atomic E-state index is 0.378. The second-order valence-corrected chi connectivity index (χ2v) is 5.42. The lowest BCUT2D eigenvalue weighted by Crippen LogP contribution is -1.85. The summed E-state index contributed by atoms with van der Waals surface area (Å²) >= 11 is 0. The van der Waals surface area contributed by atoms with Crippen molar-refractivity contribution in [1.82, 2.24) is 20.0 Å². The van der Waals surface area contributed by atoms with Crippen molar-refractivity contribution < 1.29 is 0 Å². The third-order valence-electron chi connectivity index (χ3n) is 4.04. The van der Waals surface area contributed by atoms with E-state index in [-0.39, 0.29) is 0 Å². The van der Waals surface area contributed by atoms with Gasteiger partial charge in [-0.1, -0.05) is 35.5 Å². The Labute approximate surface area is 132 Å². The number of aromatic nitrogens is 4. The van der Waals surface area contributed by atoms with Gasteiger partial charge in [0.15, 0.2) is 5.69 Å². The molecule has 0 bridgehead atoms. The fraction of sp³-hybridized carbons (Fsp3) is 0.0556. The Bertz CT molecular complexity index is 1030. The summed E-state index contributed by atoms with van der Waals surface area (Å²) in [4.78, 5) is 0. The lowest BCUT2D eigenvalue weighted by molar-refractivity contribution is 0.937. The van der Waals surface area contributed by atoms with E-state index in [2.05, 4.69) is 56.5 Å². The maximum absolute atomic E-state index is 9.04. The molecule has 4 rings (SSSR count). The number of hydrogen-bond acceptors (Lipinski definition) is 3. The molecule has 0 aliphatic heterocycles. The minimum atomic E-state index is 0.378. The highest BCUT2D eigenvalue weighted by molar-refractivity contribution is 5.86. The number of fused-ring (bicyclic) bond motifs is 1. The van der Waals surface area contributed by atoms with E-state index >= 15 is 0 Å². The fourth-order valence-corrected chi connectivity index (χ4v) is 2.79. The molecule has 0 radical (unpaired) electrons. The smallest absolute Gasteiger partial charge is 0.163 e. The first-order chi connectivity index (χ1) is 11.3. The lowest BCUT2D eigenvalue weighted by atomic mass is 10.0. The quantitative estimate of drug-likeness (QED) is 0.616. The summed E-state index contributed by atoms with van der Waals surface area (Å²) in [5.41, 5.74) is 5.34. The van der Waals surface area contributed by atoms with Gasteiger partial charge in [-0.15, -0.1) is 5.10 Å². The van der Waals surface area contributed by atoms with Crippen molar-refractivity contribution >= 4 is 10.9 Å². The Kier molecular flexibility index (Phi) is 2.95. The standard InChI is InChI=1S/C18H13N5/c1-23-9-8-15-10-14(6-7-17(15)23)12-2-4-13(5-3-12)18-16(11-19)20-22-21-18/h2-10H,1H3,(H,20,21,22). The number of aryl methyl sites for hydroxylation is 1. The zero-order valence-corrected chi connectivity index (χ0v) is 12.5. The van der Waals surface area contributed by atoms with E-state index in [9.17, 15) is 0 Å². The number of rotatable bonds is 2. The van der Waals surface area contributed by atoms with Gasteiger partial charge in [0.05, 0.1) is 0 Å². The second-order valence-electron chi connectivity index (χ2n) is 5.42. The van der Waals surface area contributed by atoms with Crippen LogP contribution in [0.1, 0.15) is 5.69 Å². The van der Waals surface area contributed by atoms with Crippen molar-refractivity contribution in [2.75, 3.05) is 0 Å². The summed E-state index contributed by atoms with van der Waals surface area (Å²) in [6.07, 6.45) is 2.06. The monoisotopic (exact) mass is 299 g/mol. The zero-order valence-electron chi connectivity index (χ0n) is 12.5. The molecule has 0 aliphatic carbocycles. The maximum atomic E-state index is 9.04. The number of nitriles is 1. The topological polar surface area (TPSA) is 70.3 Å². The minimum Gasteiger partial charge on any atom is -0.351 e. The molecule has 0 saturated carbocycles. The fourth-order valence-electron chi connectivity index (χ4n) is 2.79. The van der Waals surface area contributed by atoms with Gasteiger partial charge in [-0.25, -0.2) is 5.10 Å². The first-order valence-electron chi connectivity index (χ1n) is 7.23. The molecule has 5 nitrogen and oxygen atoms in total. The zero-order chi connectivity index (χ0) is 15.8. The van der Waals surface area contributed by atoms with Gasteiger partial charge >= 0.3 is 0 Å². The van der Waals surface area contributed by atoms with Crippen LogP contribution >= 0.6 is 0 Å². The van der Waals surface area contributed by atoms with Gasteiger partial charge in [0.25, 0.3) is 0 Å². The van der Waals surface area contributed by atoms with E-state index in [0.717, 1.165) is 16.7 Å². The summed E-state index contributed by atoms with van der Waals surface area (Å²) in [6.45, 7) is 0. The van der Waals surface area contributed by atoms with Crippen LogP contribution < -0.4 is 0 Å². The van der Waals surface area contributed by atoms with E-state index in [1.165, 1.54) is 10.9 Å². The first kappa shape index (κ1) is 13.3. The van der Waals surface area contributed by atoms with Crippen LogP contribution in [0.4, 0.5) is 0 Å². The predicted molar refractivity (Wildman–Crippen MR) is 88.4 cm³/mol. The van der Waals surface area contributed by atoms with Gasteiger partial charge in [-0.2, -0.15) is 5.26 Å².